The number of hydrogen-bond acceptors (Lipinski definition) is 5. The molecule has 2 aromatic carbocycles. The van der Waals surface area contributed by atoms with E-state index in [1.807, 2.05) is 30.3 Å². The molecule has 5 nitrogen and oxygen atoms in total. The van der Waals surface area contributed by atoms with Gasteiger partial charge in [0, 0.05) is 51.4 Å². The van der Waals surface area contributed by atoms with Crippen molar-refractivity contribution in [3.8, 4) is 11.5 Å². The number of aliphatic hydroxyl groups is 1. The van der Waals surface area contributed by atoms with Crippen LogP contribution in [0.5, 0.6) is 11.5 Å². The van der Waals surface area contributed by atoms with Crippen LogP contribution in [0.25, 0.3) is 0 Å². The molecule has 0 aromatic heterocycles. The van der Waals surface area contributed by atoms with E-state index in [9.17, 15) is 9.50 Å². The van der Waals surface area contributed by atoms with Crippen molar-refractivity contribution in [3.63, 3.8) is 0 Å². The van der Waals surface area contributed by atoms with Crippen LogP contribution in [0.3, 0.4) is 0 Å². The Morgan fingerprint density at radius 3 is 2.25 bits per heavy atom. The molecule has 6 heteroatoms. The summed E-state index contributed by atoms with van der Waals surface area (Å²) in [6.07, 6.45) is 0.721. The van der Waals surface area contributed by atoms with Crippen molar-refractivity contribution in [2.75, 3.05) is 40.5 Å². The van der Waals surface area contributed by atoms with E-state index in [-0.39, 0.29) is 18.5 Å². The van der Waals surface area contributed by atoms with Crippen LogP contribution in [-0.2, 0) is 13.1 Å². The van der Waals surface area contributed by atoms with Crippen molar-refractivity contribution in [1.29, 1.82) is 0 Å². The molecule has 0 bridgehead atoms. The van der Waals surface area contributed by atoms with Crippen molar-refractivity contribution in [3.05, 3.63) is 59.4 Å². The first kappa shape index (κ1) is 20.6. The van der Waals surface area contributed by atoms with Gasteiger partial charge in [-0.05, 0) is 41.8 Å². The van der Waals surface area contributed by atoms with Gasteiger partial charge in [0.2, 0.25) is 0 Å². The standard InChI is InChI=1S/C22H29FN2O3/c1-27-21-11-18(12-22(13-21)28-2)14-24-8-9-25(20(16-24)7-10-26)15-17-3-5-19(23)6-4-17/h3-6,11-13,20,26H,7-10,14-16H2,1-2H3/t20-/m1/s1. The molecule has 1 saturated heterocycles. The van der Waals surface area contributed by atoms with Gasteiger partial charge in [0.15, 0.2) is 0 Å². The van der Waals surface area contributed by atoms with E-state index in [0.29, 0.717) is 0 Å². The minimum absolute atomic E-state index is 0.158. The second-order valence-electron chi connectivity index (χ2n) is 7.22. The smallest absolute Gasteiger partial charge is 0.123 e. The molecule has 0 aliphatic carbocycles. The highest BCUT2D eigenvalue weighted by Gasteiger charge is 2.26. The van der Waals surface area contributed by atoms with E-state index in [1.165, 1.54) is 12.1 Å². The van der Waals surface area contributed by atoms with Crippen LogP contribution >= 0.6 is 0 Å². The first-order valence-electron chi connectivity index (χ1n) is 9.65. The maximum absolute atomic E-state index is 13.2. The third-order valence-electron chi connectivity index (χ3n) is 5.27. The summed E-state index contributed by atoms with van der Waals surface area (Å²) in [6, 6.07) is 12.9. The Balaban J connectivity index is 1.65. The maximum Gasteiger partial charge on any atom is 0.123 e. The Labute approximate surface area is 166 Å². The number of rotatable bonds is 8. The van der Waals surface area contributed by atoms with Gasteiger partial charge in [0.1, 0.15) is 17.3 Å². The Kier molecular flexibility index (Phi) is 7.25. The maximum atomic E-state index is 13.2. The van der Waals surface area contributed by atoms with Crippen LogP contribution in [0.1, 0.15) is 17.5 Å². The first-order valence-corrected chi connectivity index (χ1v) is 9.65. The van der Waals surface area contributed by atoms with Crippen LogP contribution < -0.4 is 9.47 Å². The van der Waals surface area contributed by atoms with Gasteiger partial charge in [-0.1, -0.05) is 12.1 Å². The van der Waals surface area contributed by atoms with Crippen LogP contribution in [-0.4, -0.2) is 61.4 Å². The lowest BCUT2D eigenvalue weighted by molar-refractivity contribution is 0.0499. The van der Waals surface area contributed by atoms with Gasteiger partial charge in [-0.15, -0.1) is 0 Å². The molecule has 0 amide bonds. The van der Waals surface area contributed by atoms with Crippen LogP contribution in [0.4, 0.5) is 4.39 Å². The molecule has 1 aliphatic heterocycles. The number of ether oxygens (including phenoxy) is 2. The second-order valence-corrected chi connectivity index (χ2v) is 7.22. The SMILES string of the molecule is COc1cc(CN2CCN(Cc3ccc(F)cc3)[C@H](CCO)C2)cc(OC)c1. The van der Waals surface area contributed by atoms with Crippen molar-refractivity contribution in [2.45, 2.75) is 25.6 Å². The monoisotopic (exact) mass is 388 g/mol. The molecular weight excluding hydrogens is 359 g/mol. The quantitative estimate of drug-likeness (QED) is 0.753. The zero-order chi connectivity index (χ0) is 19.9. The van der Waals surface area contributed by atoms with Crippen molar-refractivity contribution in [2.24, 2.45) is 0 Å². The highest BCUT2D eigenvalue weighted by molar-refractivity contribution is 5.38. The predicted octanol–water partition coefficient (Wildman–Crippen LogP) is 2.91. The average Bonchev–Trinajstić information content (AvgIpc) is 2.71. The van der Waals surface area contributed by atoms with E-state index in [2.05, 4.69) is 9.80 Å². The van der Waals surface area contributed by atoms with Gasteiger partial charge in [-0.2, -0.15) is 0 Å². The number of piperazine rings is 1. The normalized spacial score (nSPS) is 18.2. The molecular formula is C22H29FN2O3. The van der Waals surface area contributed by atoms with Gasteiger partial charge < -0.3 is 14.6 Å². The average molecular weight is 388 g/mol. The fourth-order valence-electron chi connectivity index (χ4n) is 3.77. The minimum atomic E-state index is -0.214. The second kappa shape index (κ2) is 9.87. The van der Waals surface area contributed by atoms with E-state index >= 15 is 0 Å². The lowest BCUT2D eigenvalue weighted by Crippen LogP contribution is -2.52. The molecule has 0 spiro atoms. The molecule has 0 radical (unpaired) electrons. The Bertz CT molecular complexity index is 732. The molecule has 28 heavy (non-hydrogen) atoms. The van der Waals surface area contributed by atoms with E-state index in [1.54, 1.807) is 14.2 Å². The molecule has 152 valence electrons. The van der Waals surface area contributed by atoms with Crippen LogP contribution in [0.2, 0.25) is 0 Å². The van der Waals surface area contributed by atoms with Crippen molar-refractivity contribution >= 4 is 0 Å². The summed E-state index contributed by atoms with van der Waals surface area (Å²) in [4.78, 5) is 4.78. The van der Waals surface area contributed by atoms with Crippen molar-refractivity contribution in [1.82, 2.24) is 9.80 Å². The van der Waals surface area contributed by atoms with Gasteiger partial charge in [0.25, 0.3) is 0 Å². The molecule has 0 saturated carbocycles. The third-order valence-corrected chi connectivity index (χ3v) is 5.27. The molecule has 1 heterocycles. The summed E-state index contributed by atoms with van der Waals surface area (Å²) < 4.78 is 23.9. The summed E-state index contributed by atoms with van der Waals surface area (Å²) >= 11 is 0. The highest BCUT2D eigenvalue weighted by Crippen LogP contribution is 2.25. The van der Waals surface area contributed by atoms with Crippen molar-refractivity contribution < 1.29 is 19.0 Å². The first-order chi connectivity index (χ1) is 13.6. The number of hydrogen-bond donors (Lipinski definition) is 1. The van der Waals surface area contributed by atoms with Crippen LogP contribution in [0, 0.1) is 5.82 Å². The van der Waals surface area contributed by atoms with Crippen LogP contribution in [0.15, 0.2) is 42.5 Å². The zero-order valence-electron chi connectivity index (χ0n) is 16.6. The molecule has 2 aromatic rings. The summed E-state index contributed by atoms with van der Waals surface area (Å²) in [6.45, 7) is 4.45. The lowest BCUT2D eigenvalue weighted by atomic mass is 10.1. The predicted molar refractivity (Wildman–Crippen MR) is 107 cm³/mol. The largest absolute Gasteiger partial charge is 0.497 e. The molecule has 1 aliphatic rings. The van der Waals surface area contributed by atoms with Gasteiger partial charge >= 0.3 is 0 Å². The Hall–Kier alpha value is -2.15. The zero-order valence-corrected chi connectivity index (χ0v) is 16.6. The summed E-state index contributed by atoms with van der Waals surface area (Å²) in [5.41, 5.74) is 2.24. The highest BCUT2D eigenvalue weighted by atomic mass is 19.1. The number of halogens is 1. The minimum Gasteiger partial charge on any atom is -0.497 e. The Morgan fingerprint density at radius 2 is 1.64 bits per heavy atom. The van der Waals surface area contributed by atoms with Gasteiger partial charge in [-0.3, -0.25) is 9.80 Å². The molecule has 3 rings (SSSR count). The third kappa shape index (κ3) is 5.44. The van der Waals surface area contributed by atoms with E-state index < -0.39 is 0 Å². The van der Waals surface area contributed by atoms with E-state index in [0.717, 1.165) is 61.8 Å². The summed E-state index contributed by atoms with van der Waals surface area (Å²) in [7, 11) is 3.31. The van der Waals surface area contributed by atoms with Gasteiger partial charge in [0.05, 0.1) is 14.2 Å². The summed E-state index contributed by atoms with van der Waals surface area (Å²) in [5, 5.41) is 9.52. The lowest BCUT2D eigenvalue weighted by Gasteiger charge is -2.41. The molecule has 0 unspecified atom stereocenters. The van der Waals surface area contributed by atoms with Gasteiger partial charge in [-0.25, -0.2) is 4.39 Å². The molecule has 1 fully saturated rings. The summed E-state index contributed by atoms with van der Waals surface area (Å²) in [5.74, 6) is 1.36. The molecule has 1 N–H and O–H groups in total. The number of aliphatic hydroxyl groups excluding tert-OH is 1. The Morgan fingerprint density at radius 1 is 0.964 bits per heavy atom. The topological polar surface area (TPSA) is 45.2 Å². The fourth-order valence-corrected chi connectivity index (χ4v) is 3.77. The van der Waals surface area contributed by atoms with E-state index in [4.69, 9.17) is 9.47 Å². The number of benzene rings is 2. The number of methoxy groups -OCH3 is 2. The number of nitrogens with zero attached hydrogens (tertiary/aromatic N) is 2. The fraction of sp³-hybridized carbons (Fsp3) is 0.455. The molecule has 1 atom stereocenters.